The van der Waals surface area contributed by atoms with Crippen LogP contribution in [0.1, 0.15) is 16.8 Å². The van der Waals surface area contributed by atoms with Gasteiger partial charge in [0.15, 0.2) is 11.5 Å². The maximum Gasteiger partial charge on any atom is 0.325 e. The fourth-order valence-electron chi connectivity index (χ4n) is 2.08. The Morgan fingerprint density at radius 3 is 2.62 bits per heavy atom. The van der Waals surface area contributed by atoms with Crippen LogP contribution < -0.4 is 16.6 Å². The highest BCUT2D eigenvalue weighted by Crippen LogP contribution is 2.24. The summed E-state index contributed by atoms with van der Waals surface area (Å²) in [4.78, 5) is 39.0. The van der Waals surface area contributed by atoms with E-state index in [4.69, 9.17) is 0 Å². The van der Waals surface area contributed by atoms with E-state index in [1.54, 1.807) is 13.0 Å². The predicted octanol–water partition coefficient (Wildman–Crippen LogP) is 0.155. The van der Waals surface area contributed by atoms with E-state index in [1.165, 1.54) is 24.3 Å². The average Bonchev–Trinajstić information content (AvgIpc) is 2.49. The minimum absolute atomic E-state index is 0.202. The van der Waals surface area contributed by atoms with Gasteiger partial charge in [0, 0.05) is 18.3 Å². The molecule has 1 aromatic carbocycles. The molecular formula is C16H17N3O5. The average molecular weight is 331 g/mol. The molecule has 8 heteroatoms. The Balaban J connectivity index is 1.93. The molecule has 0 fully saturated rings. The first kappa shape index (κ1) is 17.1. The molecule has 0 saturated heterocycles. The molecule has 24 heavy (non-hydrogen) atoms. The van der Waals surface area contributed by atoms with Crippen LogP contribution in [0.25, 0.3) is 6.08 Å². The number of aryl methyl sites for hydroxylation is 1. The SMILES string of the molecule is Cc1[nH]c(=O)[nH]c(=O)c1/C=C/C(=O)NCCc1ccc(O)c(O)c1. The van der Waals surface area contributed by atoms with Gasteiger partial charge in [-0.15, -0.1) is 0 Å². The predicted molar refractivity (Wildman–Crippen MR) is 87.9 cm³/mol. The highest BCUT2D eigenvalue weighted by molar-refractivity contribution is 5.91. The number of phenols is 2. The molecule has 0 radical (unpaired) electrons. The fraction of sp³-hybridized carbons (Fsp3) is 0.188. The molecule has 1 aromatic heterocycles. The van der Waals surface area contributed by atoms with E-state index in [1.807, 2.05) is 0 Å². The molecule has 0 aliphatic heterocycles. The third-order valence-corrected chi connectivity index (χ3v) is 3.33. The van der Waals surface area contributed by atoms with Gasteiger partial charge < -0.3 is 20.5 Å². The highest BCUT2D eigenvalue weighted by Gasteiger charge is 2.04. The molecule has 1 amide bonds. The summed E-state index contributed by atoms with van der Waals surface area (Å²) in [6, 6.07) is 4.43. The summed E-state index contributed by atoms with van der Waals surface area (Å²) in [5.41, 5.74) is 0.152. The largest absolute Gasteiger partial charge is 0.504 e. The summed E-state index contributed by atoms with van der Waals surface area (Å²) in [7, 11) is 0. The first-order valence-corrected chi connectivity index (χ1v) is 7.17. The van der Waals surface area contributed by atoms with E-state index in [2.05, 4.69) is 15.3 Å². The molecule has 5 N–H and O–H groups in total. The van der Waals surface area contributed by atoms with Crippen molar-refractivity contribution in [1.29, 1.82) is 0 Å². The number of benzene rings is 1. The van der Waals surface area contributed by atoms with Crippen molar-refractivity contribution in [3.8, 4) is 11.5 Å². The van der Waals surface area contributed by atoms with E-state index < -0.39 is 17.2 Å². The second-order valence-electron chi connectivity index (χ2n) is 5.14. The number of carbonyl (C=O) groups excluding carboxylic acids is 1. The topological polar surface area (TPSA) is 135 Å². The lowest BCUT2D eigenvalue weighted by molar-refractivity contribution is -0.116. The van der Waals surface area contributed by atoms with E-state index in [0.717, 1.165) is 5.56 Å². The molecule has 2 aromatic rings. The second kappa shape index (κ2) is 7.32. The maximum atomic E-state index is 11.7. The summed E-state index contributed by atoms with van der Waals surface area (Å²) in [6.45, 7) is 1.87. The molecule has 0 spiro atoms. The Hall–Kier alpha value is -3.29. The van der Waals surface area contributed by atoms with Crippen LogP contribution in [-0.2, 0) is 11.2 Å². The van der Waals surface area contributed by atoms with E-state index in [-0.39, 0.29) is 17.1 Å². The van der Waals surface area contributed by atoms with Gasteiger partial charge >= 0.3 is 5.69 Å². The van der Waals surface area contributed by atoms with Gasteiger partial charge in [-0.25, -0.2) is 4.79 Å². The fourth-order valence-corrected chi connectivity index (χ4v) is 2.08. The molecule has 0 aliphatic carbocycles. The molecule has 0 unspecified atom stereocenters. The lowest BCUT2D eigenvalue weighted by Gasteiger charge is -2.04. The molecule has 8 nitrogen and oxygen atoms in total. The first-order chi connectivity index (χ1) is 11.4. The minimum Gasteiger partial charge on any atom is -0.504 e. The van der Waals surface area contributed by atoms with Crippen molar-refractivity contribution in [1.82, 2.24) is 15.3 Å². The number of H-pyrrole nitrogens is 2. The zero-order valence-corrected chi connectivity index (χ0v) is 12.9. The Kier molecular flexibility index (Phi) is 5.20. The number of aromatic nitrogens is 2. The third-order valence-electron chi connectivity index (χ3n) is 3.33. The maximum absolute atomic E-state index is 11.7. The van der Waals surface area contributed by atoms with Crippen molar-refractivity contribution < 1.29 is 15.0 Å². The quantitative estimate of drug-likeness (QED) is 0.393. The molecule has 0 atom stereocenters. The number of amides is 1. The van der Waals surface area contributed by atoms with Crippen molar-refractivity contribution in [2.24, 2.45) is 0 Å². The number of nitrogens with one attached hydrogen (secondary N) is 3. The molecular weight excluding hydrogens is 314 g/mol. The summed E-state index contributed by atoms with van der Waals surface area (Å²) < 4.78 is 0. The van der Waals surface area contributed by atoms with Gasteiger partial charge in [0.05, 0.1) is 5.56 Å². The summed E-state index contributed by atoms with van der Waals surface area (Å²) in [5.74, 6) is -0.818. The van der Waals surface area contributed by atoms with Crippen LogP contribution in [-0.4, -0.2) is 32.6 Å². The molecule has 0 saturated carbocycles. The van der Waals surface area contributed by atoms with Crippen molar-refractivity contribution in [3.05, 3.63) is 61.9 Å². The number of aromatic hydroxyl groups is 2. The summed E-state index contributed by atoms with van der Waals surface area (Å²) in [6.07, 6.45) is 2.99. The number of hydrogen-bond donors (Lipinski definition) is 5. The Morgan fingerprint density at radius 2 is 1.96 bits per heavy atom. The molecule has 0 aliphatic rings. The van der Waals surface area contributed by atoms with Crippen LogP contribution in [0.4, 0.5) is 0 Å². The van der Waals surface area contributed by atoms with Crippen molar-refractivity contribution in [3.63, 3.8) is 0 Å². The Labute approximate surface area is 136 Å². The summed E-state index contributed by atoms with van der Waals surface area (Å²) >= 11 is 0. The number of carbonyl (C=O) groups is 1. The minimum atomic E-state index is -0.601. The zero-order chi connectivity index (χ0) is 17.7. The van der Waals surface area contributed by atoms with Crippen molar-refractivity contribution >= 4 is 12.0 Å². The van der Waals surface area contributed by atoms with Gasteiger partial charge in [-0.05, 0) is 37.1 Å². The van der Waals surface area contributed by atoms with Crippen LogP contribution in [0.5, 0.6) is 11.5 Å². The third kappa shape index (κ3) is 4.35. The van der Waals surface area contributed by atoms with Gasteiger partial charge in [-0.2, -0.15) is 0 Å². The van der Waals surface area contributed by atoms with Gasteiger partial charge in [-0.1, -0.05) is 6.07 Å². The summed E-state index contributed by atoms with van der Waals surface area (Å²) in [5, 5.41) is 21.2. The standard InChI is InChI=1S/C16H17N3O5/c1-9-11(15(23)19-16(24)18-9)3-5-14(22)17-7-6-10-2-4-12(20)13(21)8-10/h2-5,8,20-21H,6-7H2,1H3,(H,17,22)(H2,18,19,23,24)/b5-3+. The molecule has 126 valence electrons. The van der Waals surface area contributed by atoms with E-state index in [9.17, 15) is 24.6 Å². The lowest BCUT2D eigenvalue weighted by atomic mass is 10.1. The Morgan fingerprint density at radius 1 is 1.21 bits per heavy atom. The first-order valence-electron chi connectivity index (χ1n) is 7.17. The second-order valence-corrected chi connectivity index (χ2v) is 5.14. The van der Waals surface area contributed by atoms with Crippen LogP contribution in [0, 0.1) is 6.92 Å². The van der Waals surface area contributed by atoms with Gasteiger partial charge in [-0.3, -0.25) is 14.6 Å². The number of phenolic OH excluding ortho intramolecular Hbond substituents is 2. The van der Waals surface area contributed by atoms with Crippen LogP contribution in [0.3, 0.4) is 0 Å². The van der Waals surface area contributed by atoms with Crippen molar-refractivity contribution in [2.45, 2.75) is 13.3 Å². The van der Waals surface area contributed by atoms with Crippen LogP contribution in [0.15, 0.2) is 33.9 Å². The van der Waals surface area contributed by atoms with Crippen LogP contribution in [0.2, 0.25) is 0 Å². The Bertz CT molecular complexity index is 895. The monoisotopic (exact) mass is 331 g/mol. The normalized spacial score (nSPS) is 10.9. The number of hydrogen-bond acceptors (Lipinski definition) is 5. The van der Waals surface area contributed by atoms with Gasteiger partial charge in [0.1, 0.15) is 0 Å². The molecule has 2 rings (SSSR count). The zero-order valence-electron chi connectivity index (χ0n) is 12.9. The van der Waals surface area contributed by atoms with Crippen LogP contribution >= 0.6 is 0 Å². The van der Waals surface area contributed by atoms with E-state index in [0.29, 0.717) is 18.7 Å². The molecule has 0 bridgehead atoms. The highest BCUT2D eigenvalue weighted by atomic mass is 16.3. The molecule has 1 heterocycles. The number of aromatic amines is 2. The van der Waals surface area contributed by atoms with E-state index >= 15 is 0 Å². The number of rotatable bonds is 5. The lowest BCUT2D eigenvalue weighted by Crippen LogP contribution is -2.26. The van der Waals surface area contributed by atoms with Crippen molar-refractivity contribution in [2.75, 3.05) is 6.54 Å². The van der Waals surface area contributed by atoms with Gasteiger partial charge in [0.2, 0.25) is 5.91 Å². The van der Waals surface area contributed by atoms with Gasteiger partial charge in [0.25, 0.3) is 5.56 Å². The smallest absolute Gasteiger partial charge is 0.325 e.